The maximum absolute atomic E-state index is 14.3. The van der Waals surface area contributed by atoms with Crippen molar-refractivity contribution in [3.63, 3.8) is 0 Å². The van der Waals surface area contributed by atoms with Gasteiger partial charge in [-0.2, -0.15) is 18.3 Å². The lowest BCUT2D eigenvalue weighted by molar-refractivity contribution is -0.137. The summed E-state index contributed by atoms with van der Waals surface area (Å²) in [6.07, 6.45) is -3.01. The number of aryl methyl sites for hydroxylation is 1. The van der Waals surface area contributed by atoms with Gasteiger partial charge < -0.3 is 4.90 Å². The fourth-order valence-electron chi connectivity index (χ4n) is 3.45. The minimum absolute atomic E-state index is 0.0380. The number of para-hydroxylation sites is 1. The topological polar surface area (TPSA) is 55.2 Å². The van der Waals surface area contributed by atoms with Gasteiger partial charge in [0.1, 0.15) is 11.5 Å². The number of hydrogen-bond donors (Lipinski definition) is 0. The minimum atomic E-state index is -4.45. The molecule has 3 aromatic rings. The Hall–Kier alpha value is -3.49. The molecule has 1 aliphatic carbocycles. The van der Waals surface area contributed by atoms with Crippen molar-refractivity contribution in [3.05, 3.63) is 93.2 Å². The van der Waals surface area contributed by atoms with Crippen LogP contribution < -0.4 is 5.43 Å². The van der Waals surface area contributed by atoms with E-state index in [0.29, 0.717) is 11.3 Å². The highest BCUT2D eigenvalue weighted by molar-refractivity contribution is 5.92. The van der Waals surface area contributed by atoms with Crippen molar-refractivity contribution in [1.29, 1.82) is 0 Å². The molecule has 1 heterocycles. The summed E-state index contributed by atoms with van der Waals surface area (Å²) in [7, 11) is 0. The molecule has 1 fully saturated rings. The zero-order valence-corrected chi connectivity index (χ0v) is 17.1. The fraction of sp³-hybridized carbons (Fsp3) is 0.261. The molecule has 0 spiro atoms. The first-order chi connectivity index (χ1) is 15.1. The van der Waals surface area contributed by atoms with Crippen LogP contribution in [-0.2, 0) is 12.7 Å². The van der Waals surface area contributed by atoms with Crippen molar-refractivity contribution < 1.29 is 22.4 Å². The molecular weight excluding hydrogens is 426 g/mol. The van der Waals surface area contributed by atoms with Crippen molar-refractivity contribution in [2.24, 2.45) is 0 Å². The summed E-state index contributed by atoms with van der Waals surface area (Å²) >= 11 is 0. The minimum Gasteiger partial charge on any atom is -0.330 e. The molecule has 1 aromatic heterocycles. The molecule has 0 unspecified atom stereocenters. The van der Waals surface area contributed by atoms with Crippen LogP contribution in [0.3, 0.4) is 0 Å². The largest absolute Gasteiger partial charge is 0.416 e. The number of amides is 1. The van der Waals surface area contributed by atoms with Gasteiger partial charge in [0, 0.05) is 24.3 Å². The first-order valence-electron chi connectivity index (χ1n) is 9.98. The molecule has 1 amide bonds. The Morgan fingerprint density at radius 3 is 2.38 bits per heavy atom. The summed E-state index contributed by atoms with van der Waals surface area (Å²) in [6, 6.07) is 11.5. The van der Waals surface area contributed by atoms with E-state index in [2.05, 4.69) is 5.10 Å². The maximum atomic E-state index is 14.3. The van der Waals surface area contributed by atoms with E-state index < -0.39 is 28.9 Å². The summed E-state index contributed by atoms with van der Waals surface area (Å²) in [4.78, 5) is 27.2. The highest BCUT2D eigenvalue weighted by Crippen LogP contribution is 2.31. The zero-order valence-electron chi connectivity index (χ0n) is 17.1. The number of rotatable bonds is 5. The van der Waals surface area contributed by atoms with E-state index in [1.165, 1.54) is 46.0 Å². The third-order valence-electron chi connectivity index (χ3n) is 5.27. The van der Waals surface area contributed by atoms with Crippen molar-refractivity contribution in [1.82, 2.24) is 14.7 Å². The molecule has 1 saturated carbocycles. The smallest absolute Gasteiger partial charge is 0.330 e. The van der Waals surface area contributed by atoms with Crippen molar-refractivity contribution >= 4 is 5.91 Å². The number of hydrogen-bond acceptors (Lipinski definition) is 3. The SMILES string of the molecule is Cc1cc(=O)c(C(=O)N(Cc2ccc(C(F)(F)F)cc2)C2CC2)nn1-c1ccccc1F. The molecule has 9 heteroatoms. The van der Waals surface area contributed by atoms with Crippen LogP contribution in [0.15, 0.2) is 59.4 Å². The second-order valence-corrected chi connectivity index (χ2v) is 7.72. The van der Waals surface area contributed by atoms with E-state index in [0.717, 1.165) is 25.0 Å². The van der Waals surface area contributed by atoms with Crippen LogP contribution in [0.25, 0.3) is 5.69 Å². The summed E-state index contributed by atoms with van der Waals surface area (Å²) in [5.41, 5.74) is -0.786. The fourth-order valence-corrected chi connectivity index (χ4v) is 3.45. The second-order valence-electron chi connectivity index (χ2n) is 7.72. The number of alkyl halides is 3. The third kappa shape index (κ3) is 4.42. The molecule has 0 atom stereocenters. The Morgan fingerprint density at radius 1 is 1.12 bits per heavy atom. The molecule has 32 heavy (non-hydrogen) atoms. The lowest BCUT2D eigenvalue weighted by Crippen LogP contribution is -2.37. The Labute approximate surface area is 180 Å². The lowest BCUT2D eigenvalue weighted by Gasteiger charge is -2.23. The Kier molecular flexibility index (Phi) is 5.58. The van der Waals surface area contributed by atoms with E-state index >= 15 is 0 Å². The molecule has 166 valence electrons. The quantitative estimate of drug-likeness (QED) is 0.544. The molecule has 2 aromatic carbocycles. The second kappa shape index (κ2) is 8.22. The molecule has 0 saturated heterocycles. The number of carbonyl (C=O) groups is 1. The summed E-state index contributed by atoms with van der Waals surface area (Å²) in [6.45, 7) is 1.62. The third-order valence-corrected chi connectivity index (χ3v) is 5.27. The van der Waals surface area contributed by atoms with E-state index in [9.17, 15) is 27.2 Å². The first-order valence-corrected chi connectivity index (χ1v) is 9.98. The van der Waals surface area contributed by atoms with Crippen molar-refractivity contribution in [2.45, 2.75) is 38.5 Å². The number of aromatic nitrogens is 2. The number of halogens is 4. The van der Waals surface area contributed by atoms with Gasteiger partial charge in [0.15, 0.2) is 5.69 Å². The van der Waals surface area contributed by atoms with Gasteiger partial charge in [-0.25, -0.2) is 9.07 Å². The first kappa shape index (κ1) is 21.7. The maximum Gasteiger partial charge on any atom is 0.416 e. The number of carbonyl (C=O) groups excluding carboxylic acids is 1. The average molecular weight is 445 g/mol. The van der Waals surface area contributed by atoms with Crippen molar-refractivity contribution in [2.75, 3.05) is 0 Å². The summed E-state index contributed by atoms with van der Waals surface area (Å²) in [5, 5.41) is 4.15. The normalized spacial score (nSPS) is 13.8. The molecule has 0 aliphatic heterocycles. The van der Waals surface area contributed by atoms with Gasteiger partial charge in [-0.1, -0.05) is 24.3 Å². The van der Waals surface area contributed by atoms with Gasteiger partial charge in [-0.3, -0.25) is 9.59 Å². The standard InChI is InChI=1S/C23H19F4N3O2/c1-14-12-20(31)21(28-30(14)19-5-3-2-4-18(19)24)22(32)29(17-10-11-17)13-15-6-8-16(9-7-15)23(25,26)27/h2-9,12,17H,10-11,13H2,1H3. The molecule has 1 aliphatic rings. The summed E-state index contributed by atoms with van der Waals surface area (Å²) in [5.74, 6) is -1.20. The molecule has 4 rings (SSSR count). The average Bonchev–Trinajstić information content (AvgIpc) is 3.57. The van der Waals surface area contributed by atoms with E-state index in [4.69, 9.17) is 0 Å². The number of nitrogens with zero attached hydrogens (tertiary/aromatic N) is 3. The highest BCUT2D eigenvalue weighted by atomic mass is 19.4. The van der Waals surface area contributed by atoms with E-state index in [1.54, 1.807) is 13.0 Å². The summed E-state index contributed by atoms with van der Waals surface area (Å²) < 4.78 is 53.9. The van der Waals surface area contributed by atoms with Crippen LogP contribution in [0, 0.1) is 12.7 Å². The Morgan fingerprint density at radius 2 is 1.78 bits per heavy atom. The predicted molar refractivity (Wildman–Crippen MR) is 109 cm³/mol. The Bertz CT molecular complexity index is 1220. The van der Waals surface area contributed by atoms with Crippen LogP contribution >= 0.6 is 0 Å². The van der Waals surface area contributed by atoms with Gasteiger partial charge in [0.25, 0.3) is 5.91 Å². The Balaban J connectivity index is 1.66. The highest BCUT2D eigenvalue weighted by Gasteiger charge is 2.35. The monoisotopic (exact) mass is 445 g/mol. The molecule has 0 bridgehead atoms. The van der Waals surface area contributed by atoms with Crippen LogP contribution in [0.5, 0.6) is 0 Å². The zero-order chi connectivity index (χ0) is 23.0. The van der Waals surface area contributed by atoms with Gasteiger partial charge in [0.05, 0.1) is 5.56 Å². The van der Waals surface area contributed by atoms with Crippen LogP contribution in [0.2, 0.25) is 0 Å². The molecular formula is C23H19F4N3O2. The van der Waals surface area contributed by atoms with Crippen LogP contribution in [0.1, 0.15) is 40.2 Å². The van der Waals surface area contributed by atoms with Gasteiger partial charge in [-0.15, -0.1) is 0 Å². The van der Waals surface area contributed by atoms with E-state index in [1.807, 2.05) is 0 Å². The predicted octanol–water partition coefficient (Wildman–Crippen LogP) is 4.50. The van der Waals surface area contributed by atoms with E-state index in [-0.39, 0.29) is 24.0 Å². The van der Waals surface area contributed by atoms with Gasteiger partial charge >= 0.3 is 6.18 Å². The molecule has 5 nitrogen and oxygen atoms in total. The molecule has 0 N–H and O–H groups in total. The van der Waals surface area contributed by atoms with Gasteiger partial charge in [-0.05, 0) is 49.6 Å². The van der Waals surface area contributed by atoms with Crippen LogP contribution in [-0.4, -0.2) is 26.6 Å². The van der Waals surface area contributed by atoms with Gasteiger partial charge in [0.2, 0.25) is 5.43 Å². The number of benzene rings is 2. The van der Waals surface area contributed by atoms with Crippen LogP contribution in [0.4, 0.5) is 17.6 Å². The molecule has 0 radical (unpaired) electrons. The lowest BCUT2D eigenvalue weighted by atomic mass is 10.1. The van der Waals surface area contributed by atoms with Crippen molar-refractivity contribution in [3.8, 4) is 5.69 Å².